The van der Waals surface area contributed by atoms with Gasteiger partial charge in [-0.3, -0.25) is 4.79 Å². The molecule has 4 nitrogen and oxygen atoms in total. The zero-order chi connectivity index (χ0) is 11.3. The lowest BCUT2D eigenvalue weighted by Crippen LogP contribution is -2.41. The zero-order valence-corrected chi connectivity index (χ0v) is 9.75. The molecule has 0 N–H and O–H groups in total. The minimum atomic E-state index is -1.05. The van der Waals surface area contributed by atoms with Gasteiger partial charge in [-0.2, -0.15) is 0 Å². The van der Waals surface area contributed by atoms with Crippen LogP contribution in [0.4, 0.5) is 0 Å². The first-order valence-electron chi connectivity index (χ1n) is 5.47. The molecule has 1 rings (SSSR count). The molecule has 1 saturated heterocycles. The topological polar surface area (TPSA) is 44.8 Å². The fourth-order valence-electron chi connectivity index (χ4n) is 1.80. The van der Waals surface area contributed by atoms with E-state index in [1.165, 1.54) is 7.11 Å². The van der Waals surface area contributed by atoms with Gasteiger partial charge in [0.25, 0.3) is 0 Å². The van der Waals surface area contributed by atoms with E-state index >= 15 is 0 Å². The quantitative estimate of drug-likeness (QED) is 0.680. The number of hydrogen-bond acceptors (Lipinski definition) is 4. The van der Waals surface area contributed by atoms with Crippen molar-refractivity contribution in [2.24, 2.45) is 0 Å². The molecule has 0 spiro atoms. The van der Waals surface area contributed by atoms with Crippen LogP contribution in [0, 0.1) is 0 Å². The Morgan fingerprint density at radius 1 is 1.53 bits per heavy atom. The maximum atomic E-state index is 11.9. The lowest BCUT2D eigenvalue weighted by Gasteiger charge is -2.25. The molecule has 1 fully saturated rings. The minimum absolute atomic E-state index is 0.0337. The monoisotopic (exact) mass is 216 g/mol. The van der Waals surface area contributed by atoms with E-state index in [0.29, 0.717) is 19.3 Å². The van der Waals surface area contributed by atoms with Crippen LogP contribution in [-0.4, -0.2) is 32.1 Å². The van der Waals surface area contributed by atoms with E-state index in [2.05, 4.69) is 6.92 Å². The highest BCUT2D eigenvalue weighted by atomic mass is 16.8. The summed E-state index contributed by atoms with van der Waals surface area (Å²) in [6.45, 7) is 2.06. The van der Waals surface area contributed by atoms with Crippen LogP contribution < -0.4 is 0 Å². The molecule has 15 heavy (non-hydrogen) atoms. The molecule has 2 unspecified atom stereocenters. The second kappa shape index (κ2) is 5.58. The van der Waals surface area contributed by atoms with Crippen molar-refractivity contribution in [2.75, 3.05) is 14.2 Å². The molecule has 4 heteroatoms. The van der Waals surface area contributed by atoms with Gasteiger partial charge in [0.15, 0.2) is 12.1 Å². The van der Waals surface area contributed by atoms with Crippen molar-refractivity contribution < 1.29 is 19.0 Å². The summed E-state index contributed by atoms with van der Waals surface area (Å²) in [4.78, 5) is 11.9. The van der Waals surface area contributed by atoms with Crippen molar-refractivity contribution in [2.45, 2.75) is 51.1 Å². The van der Waals surface area contributed by atoms with E-state index in [1.807, 2.05) is 0 Å². The first kappa shape index (κ1) is 12.6. The van der Waals surface area contributed by atoms with Crippen molar-refractivity contribution in [3.63, 3.8) is 0 Å². The van der Waals surface area contributed by atoms with E-state index in [0.717, 1.165) is 12.8 Å². The van der Waals surface area contributed by atoms with Crippen LogP contribution >= 0.6 is 0 Å². The molecule has 1 aliphatic rings. The Balaban J connectivity index is 2.57. The number of hydrogen-bond donors (Lipinski definition) is 0. The Bertz CT molecular complexity index is 217. The molecule has 1 aliphatic heterocycles. The van der Waals surface area contributed by atoms with Crippen molar-refractivity contribution in [1.82, 2.24) is 0 Å². The van der Waals surface area contributed by atoms with Gasteiger partial charge in [-0.15, -0.1) is 0 Å². The normalized spacial score (nSPS) is 30.7. The summed E-state index contributed by atoms with van der Waals surface area (Å²) in [5.41, 5.74) is 0. The van der Waals surface area contributed by atoms with Crippen LogP contribution in [0.2, 0.25) is 0 Å². The SMILES string of the molecule is CCCCC(=O)C1(OC)CCC(OC)O1. The van der Waals surface area contributed by atoms with E-state index < -0.39 is 5.79 Å². The summed E-state index contributed by atoms with van der Waals surface area (Å²) in [5, 5.41) is 0. The molecule has 0 aromatic heterocycles. The molecule has 0 amide bonds. The number of ketones is 1. The molecular weight excluding hydrogens is 196 g/mol. The molecule has 0 aliphatic carbocycles. The molecule has 1 heterocycles. The van der Waals surface area contributed by atoms with E-state index in [4.69, 9.17) is 14.2 Å². The maximum absolute atomic E-state index is 11.9. The van der Waals surface area contributed by atoms with Gasteiger partial charge >= 0.3 is 0 Å². The Labute approximate surface area is 90.9 Å². The van der Waals surface area contributed by atoms with Crippen molar-refractivity contribution in [3.05, 3.63) is 0 Å². The number of carbonyl (C=O) groups excluding carboxylic acids is 1. The van der Waals surface area contributed by atoms with Gasteiger partial charge in [0, 0.05) is 33.5 Å². The molecule has 0 saturated carbocycles. The summed E-state index contributed by atoms with van der Waals surface area (Å²) < 4.78 is 15.8. The van der Waals surface area contributed by atoms with Gasteiger partial charge in [0.05, 0.1) is 0 Å². The molecule has 0 aromatic carbocycles. The summed E-state index contributed by atoms with van der Waals surface area (Å²) >= 11 is 0. The Kier molecular flexibility index (Phi) is 4.70. The Morgan fingerprint density at radius 2 is 2.27 bits per heavy atom. The van der Waals surface area contributed by atoms with Gasteiger partial charge in [0.1, 0.15) is 0 Å². The summed E-state index contributed by atoms with van der Waals surface area (Å²) in [6, 6.07) is 0. The molecular formula is C11H20O4. The maximum Gasteiger partial charge on any atom is 0.231 e. The molecule has 2 atom stereocenters. The van der Waals surface area contributed by atoms with Crippen molar-refractivity contribution in [3.8, 4) is 0 Å². The number of rotatable bonds is 6. The molecule has 0 aromatic rings. The fraction of sp³-hybridized carbons (Fsp3) is 0.909. The fourth-order valence-corrected chi connectivity index (χ4v) is 1.80. The minimum Gasteiger partial charge on any atom is -0.356 e. The highest BCUT2D eigenvalue weighted by molar-refractivity contribution is 5.86. The third-order valence-corrected chi connectivity index (χ3v) is 2.81. The van der Waals surface area contributed by atoms with Gasteiger partial charge in [0.2, 0.25) is 5.79 Å². The number of unbranched alkanes of at least 4 members (excludes halogenated alkanes) is 1. The van der Waals surface area contributed by atoms with Crippen LogP contribution in [0.3, 0.4) is 0 Å². The van der Waals surface area contributed by atoms with Crippen molar-refractivity contribution in [1.29, 1.82) is 0 Å². The molecule has 88 valence electrons. The number of methoxy groups -OCH3 is 2. The number of Topliss-reactive ketones (excluding diaryl/α,β-unsaturated/α-hetero) is 1. The van der Waals surface area contributed by atoms with E-state index in [1.54, 1.807) is 7.11 Å². The van der Waals surface area contributed by atoms with E-state index in [-0.39, 0.29) is 12.1 Å². The van der Waals surface area contributed by atoms with Gasteiger partial charge in [-0.1, -0.05) is 13.3 Å². The summed E-state index contributed by atoms with van der Waals surface area (Å²) in [6.07, 6.45) is 3.38. The molecule has 0 radical (unpaired) electrons. The predicted octanol–water partition coefficient (Wildman–Crippen LogP) is 1.87. The second-order valence-corrected chi connectivity index (χ2v) is 3.81. The predicted molar refractivity (Wildman–Crippen MR) is 55.4 cm³/mol. The average Bonchev–Trinajstić information content (AvgIpc) is 2.70. The second-order valence-electron chi connectivity index (χ2n) is 3.81. The van der Waals surface area contributed by atoms with Crippen LogP contribution in [0.1, 0.15) is 39.0 Å². The van der Waals surface area contributed by atoms with Crippen LogP contribution in [0.15, 0.2) is 0 Å². The zero-order valence-electron chi connectivity index (χ0n) is 9.75. The Morgan fingerprint density at radius 3 is 2.73 bits per heavy atom. The standard InChI is InChI=1S/C11H20O4/c1-4-5-6-9(12)11(14-3)8-7-10(13-2)15-11/h10H,4-8H2,1-3H3. The Hall–Kier alpha value is -0.450. The van der Waals surface area contributed by atoms with Crippen LogP contribution in [0.5, 0.6) is 0 Å². The third kappa shape index (κ3) is 2.77. The van der Waals surface area contributed by atoms with E-state index in [9.17, 15) is 4.79 Å². The van der Waals surface area contributed by atoms with Crippen LogP contribution in [0.25, 0.3) is 0 Å². The highest BCUT2D eigenvalue weighted by Crippen LogP contribution is 2.33. The van der Waals surface area contributed by atoms with Crippen LogP contribution in [-0.2, 0) is 19.0 Å². The lowest BCUT2D eigenvalue weighted by atomic mass is 10.0. The first-order valence-corrected chi connectivity index (χ1v) is 5.47. The largest absolute Gasteiger partial charge is 0.356 e. The molecule has 0 bridgehead atoms. The highest BCUT2D eigenvalue weighted by Gasteiger charge is 2.46. The van der Waals surface area contributed by atoms with Crippen molar-refractivity contribution >= 4 is 5.78 Å². The van der Waals surface area contributed by atoms with Gasteiger partial charge in [-0.05, 0) is 6.42 Å². The number of carbonyl (C=O) groups is 1. The summed E-state index contributed by atoms with van der Waals surface area (Å²) in [7, 11) is 3.09. The van der Waals surface area contributed by atoms with Gasteiger partial charge in [-0.25, -0.2) is 0 Å². The lowest BCUT2D eigenvalue weighted by molar-refractivity contribution is -0.245. The average molecular weight is 216 g/mol. The number of ether oxygens (including phenoxy) is 3. The smallest absolute Gasteiger partial charge is 0.231 e. The van der Waals surface area contributed by atoms with Gasteiger partial charge < -0.3 is 14.2 Å². The first-order chi connectivity index (χ1) is 7.18. The summed E-state index contributed by atoms with van der Waals surface area (Å²) in [5.74, 6) is -1.01. The third-order valence-electron chi connectivity index (χ3n) is 2.81.